The molecule has 2 rings (SSSR count). The second kappa shape index (κ2) is 6.01. The maximum atomic E-state index is 11.9. The van der Waals surface area contributed by atoms with Crippen LogP contribution >= 0.6 is 0 Å². The Labute approximate surface area is 135 Å². The van der Waals surface area contributed by atoms with Gasteiger partial charge in [-0.05, 0) is 23.5 Å². The van der Waals surface area contributed by atoms with Crippen LogP contribution in [0.3, 0.4) is 0 Å². The average molecular weight is 282 g/mol. The molecule has 1 aromatic rings. The molecular formula is C16H23LiO2Si. The van der Waals surface area contributed by atoms with E-state index in [0.717, 1.165) is 12.0 Å². The third-order valence-corrected chi connectivity index (χ3v) is 6.98. The molecule has 0 N–H and O–H groups in total. The number of ether oxygens (including phenoxy) is 1. The molecule has 0 amide bonds. The molecule has 2 nitrogen and oxygen atoms in total. The Balaban J connectivity index is 0.00000200. The summed E-state index contributed by atoms with van der Waals surface area (Å²) in [6.45, 7) is 11.0. The van der Waals surface area contributed by atoms with Crippen molar-refractivity contribution in [2.24, 2.45) is 5.92 Å². The predicted octanol–water partition coefficient (Wildman–Crippen LogP) is 0.107. The fraction of sp³-hybridized carbons (Fsp3) is 0.500. The normalized spacial score (nSPS) is 22.1. The van der Waals surface area contributed by atoms with Gasteiger partial charge in [0, 0.05) is 5.22 Å². The van der Waals surface area contributed by atoms with E-state index < -0.39 is 8.07 Å². The van der Waals surface area contributed by atoms with E-state index in [-0.39, 0.29) is 35.9 Å². The number of hydrogen-bond acceptors (Lipinski definition) is 2. The van der Waals surface area contributed by atoms with Crippen LogP contribution in [0.4, 0.5) is 0 Å². The van der Waals surface area contributed by atoms with Crippen LogP contribution in [0.25, 0.3) is 0 Å². The Bertz CT molecular complexity index is 491. The zero-order chi connectivity index (χ0) is 14.3. The van der Waals surface area contributed by atoms with Gasteiger partial charge in [-0.1, -0.05) is 63.8 Å². The van der Waals surface area contributed by atoms with Crippen LogP contribution in [0.15, 0.2) is 41.9 Å². The van der Waals surface area contributed by atoms with Crippen molar-refractivity contribution in [2.45, 2.75) is 45.1 Å². The second-order valence-electron chi connectivity index (χ2n) is 6.70. The Morgan fingerprint density at radius 2 is 1.70 bits per heavy atom. The van der Waals surface area contributed by atoms with Crippen molar-refractivity contribution in [3.8, 4) is 0 Å². The SMILES string of the molecule is CC(C)C1=C([O-])OC1(Cc1ccccc1)[Si](C)(C)C.[Li+]. The Hall–Kier alpha value is -0.626. The summed E-state index contributed by atoms with van der Waals surface area (Å²) >= 11 is 0. The first-order valence-corrected chi connectivity index (χ1v) is 10.4. The van der Waals surface area contributed by atoms with Gasteiger partial charge in [-0.2, -0.15) is 0 Å². The van der Waals surface area contributed by atoms with Crippen molar-refractivity contribution in [2.75, 3.05) is 0 Å². The van der Waals surface area contributed by atoms with Crippen molar-refractivity contribution in [1.29, 1.82) is 0 Å². The minimum absolute atomic E-state index is 0. The monoisotopic (exact) mass is 282 g/mol. The first kappa shape index (κ1) is 17.4. The molecule has 1 aliphatic heterocycles. The average Bonchev–Trinajstić information content (AvgIpc) is 2.26. The minimum Gasteiger partial charge on any atom is -0.605 e. The molecule has 1 unspecified atom stereocenters. The van der Waals surface area contributed by atoms with Crippen molar-refractivity contribution in [1.82, 2.24) is 0 Å². The zero-order valence-corrected chi connectivity index (χ0v) is 14.5. The molecule has 4 heteroatoms. The molecule has 0 fully saturated rings. The van der Waals surface area contributed by atoms with Gasteiger partial charge in [0.1, 0.15) is 0 Å². The van der Waals surface area contributed by atoms with E-state index in [9.17, 15) is 5.11 Å². The smallest absolute Gasteiger partial charge is 0.605 e. The quantitative estimate of drug-likeness (QED) is 0.734. The molecule has 1 aliphatic rings. The fourth-order valence-electron chi connectivity index (χ4n) is 2.93. The molecule has 0 saturated carbocycles. The van der Waals surface area contributed by atoms with Crippen LogP contribution in [0.1, 0.15) is 19.4 Å². The first-order chi connectivity index (χ1) is 8.78. The molecule has 0 saturated heterocycles. The predicted molar refractivity (Wildman–Crippen MR) is 79.2 cm³/mol. The maximum absolute atomic E-state index is 11.9. The topological polar surface area (TPSA) is 32.3 Å². The van der Waals surface area contributed by atoms with Gasteiger partial charge in [0.05, 0.1) is 14.0 Å². The van der Waals surface area contributed by atoms with E-state index in [1.807, 2.05) is 18.2 Å². The Morgan fingerprint density at radius 3 is 2.10 bits per heavy atom. The minimum atomic E-state index is -1.65. The van der Waals surface area contributed by atoms with E-state index in [2.05, 4.69) is 45.6 Å². The van der Waals surface area contributed by atoms with Gasteiger partial charge in [-0.3, -0.25) is 0 Å². The van der Waals surface area contributed by atoms with E-state index in [1.54, 1.807) is 0 Å². The van der Waals surface area contributed by atoms with Crippen LogP contribution in [-0.2, 0) is 11.2 Å². The van der Waals surface area contributed by atoms with E-state index >= 15 is 0 Å². The van der Waals surface area contributed by atoms with Crippen LogP contribution in [-0.4, -0.2) is 13.3 Å². The molecule has 0 aromatic heterocycles. The van der Waals surface area contributed by atoms with Crippen molar-refractivity contribution >= 4 is 8.07 Å². The molecule has 20 heavy (non-hydrogen) atoms. The largest absolute Gasteiger partial charge is 1.00 e. The third kappa shape index (κ3) is 2.86. The van der Waals surface area contributed by atoms with E-state index in [0.29, 0.717) is 0 Å². The summed E-state index contributed by atoms with van der Waals surface area (Å²) in [5.74, 6) is 0.171. The van der Waals surface area contributed by atoms with Gasteiger partial charge in [-0.25, -0.2) is 0 Å². The van der Waals surface area contributed by atoms with Crippen molar-refractivity contribution in [3.05, 3.63) is 47.4 Å². The summed E-state index contributed by atoms with van der Waals surface area (Å²) in [7, 11) is -1.65. The maximum Gasteiger partial charge on any atom is 1.00 e. The van der Waals surface area contributed by atoms with Crippen LogP contribution in [0.2, 0.25) is 19.6 Å². The first-order valence-electron chi connectivity index (χ1n) is 6.92. The van der Waals surface area contributed by atoms with E-state index in [4.69, 9.17) is 4.74 Å². The molecule has 1 aromatic carbocycles. The molecule has 104 valence electrons. The van der Waals surface area contributed by atoms with Crippen molar-refractivity contribution < 1.29 is 28.7 Å². The molecule has 1 atom stereocenters. The number of hydrogen-bond donors (Lipinski definition) is 0. The molecule has 0 aliphatic carbocycles. The van der Waals surface area contributed by atoms with Crippen LogP contribution in [0, 0.1) is 5.92 Å². The summed E-state index contributed by atoms with van der Waals surface area (Å²) in [6.07, 6.45) is 0.822. The fourth-order valence-corrected chi connectivity index (χ4v) is 5.26. The van der Waals surface area contributed by atoms with Gasteiger partial charge in [0.15, 0.2) is 0 Å². The van der Waals surface area contributed by atoms with Gasteiger partial charge in [-0.15, -0.1) is 0 Å². The second-order valence-corrected chi connectivity index (χ2v) is 12.0. The van der Waals surface area contributed by atoms with Gasteiger partial charge < -0.3 is 9.84 Å². The standard InChI is InChI=1S/C16H24O2Si.Li/c1-12(2)14-15(17)18-16(14,19(3,4)5)11-13-9-7-6-8-10-13;/h6-10,12,17H,11H2,1-5H3;/q;+1/p-1. The van der Waals surface area contributed by atoms with Crippen LogP contribution < -0.4 is 24.0 Å². The third-order valence-electron chi connectivity index (χ3n) is 4.01. The van der Waals surface area contributed by atoms with Gasteiger partial charge >= 0.3 is 18.9 Å². The Kier molecular flexibility index (Phi) is 5.24. The molecule has 0 radical (unpaired) electrons. The molecule has 0 spiro atoms. The molecular weight excluding hydrogens is 259 g/mol. The molecule has 0 bridgehead atoms. The van der Waals surface area contributed by atoms with Crippen LogP contribution in [0.5, 0.6) is 0 Å². The summed E-state index contributed by atoms with van der Waals surface area (Å²) in [5, 5.41) is 11.6. The number of benzene rings is 1. The van der Waals surface area contributed by atoms with Gasteiger partial charge in [0.25, 0.3) is 0 Å². The number of rotatable bonds is 4. The summed E-state index contributed by atoms with van der Waals surface area (Å²) in [6, 6.07) is 10.3. The summed E-state index contributed by atoms with van der Waals surface area (Å²) in [5.41, 5.74) is 2.24. The summed E-state index contributed by atoms with van der Waals surface area (Å²) in [4.78, 5) is 0. The van der Waals surface area contributed by atoms with E-state index in [1.165, 1.54) is 5.56 Å². The Morgan fingerprint density at radius 1 is 1.15 bits per heavy atom. The zero-order valence-electron chi connectivity index (χ0n) is 13.5. The van der Waals surface area contributed by atoms with Crippen molar-refractivity contribution in [3.63, 3.8) is 0 Å². The van der Waals surface area contributed by atoms with Gasteiger partial charge in [0.2, 0.25) is 0 Å². The molecule has 1 heterocycles. The summed E-state index contributed by atoms with van der Waals surface area (Å²) < 4.78 is 5.75.